The third-order valence-corrected chi connectivity index (χ3v) is 4.74. The highest BCUT2D eigenvalue weighted by molar-refractivity contribution is 5.67. The molecule has 1 aliphatic rings. The second kappa shape index (κ2) is 9.69. The van der Waals surface area contributed by atoms with Crippen LogP contribution in [0, 0.1) is 11.6 Å². The molecule has 0 saturated heterocycles. The first-order valence-electron chi connectivity index (χ1n) is 9.75. The summed E-state index contributed by atoms with van der Waals surface area (Å²) < 4.78 is 44.4. The minimum absolute atomic E-state index is 0.110. The molecule has 0 N–H and O–H groups in total. The second-order valence-corrected chi connectivity index (χ2v) is 6.80. The molecule has 0 aliphatic carbocycles. The molecule has 1 heterocycles. The third kappa shape index (κ3) is 4.90. The highest BCUT2D eigenvalue weighted by Crippen LogP contribution is 2.28. The van der Waals surface area contributed by atoms with Crippen molar-refractivity contribution in [1.29, 1.82) is 0 Å². The average Bonchev–Trinajstić information content (AvgIpc) is 2.72. The fourth-order valence-corrected chi connectivity index (χ4v) is 3.20. The summed E-state index contributed by atoms with van der Waals surface area (Å²) in [5.41, 5.74) is 3.16. The van der Waals surface area contributed by atoms with Crippen molar-refractivity contribution in [3.63, 3.8) is 0 Å². The molecule has 0 bridgehead atoms. The molecular formula is C23H26F2O3. The number of hydrogen-bond acceptors (Lipinski definition) is 3. The van der Waals surface area contributed by atoms with E-state index in [1.807, 2.05) is 24.3 Å². The fraction of sp³-hybridized carbons (Fsp3) is 0.391. The molecule has 2 aromatic rings. The van der Waals surface area contributed by atoms with Gasteiger partial charge in [0.1, 0.15) is 6.61 Å². The van der Waals surface area contributed by atoms with Gasteiger partial charge in [0.05, 0.1) is 19.3 Å². The van der Waals surface area contributed by atoms with E-state index in [9.17, 15) is 8.78 Å². The van der Waals surface area contributed by atoms with E-state index in [0.29, 0.717) is 12.7 Å². The van der Waals surface area contributed by atoms with Crippen molar-refractivity contribution >= 4 is 5.57 Å². The van der Waals surface area contributed by atoms with Crippen molar-refractivity contribution in [2.24, 2.45) is 0 Å². The second-order valence-electron chi connectivity index (χ2n) is 6.80. The van der Waals surface area contributed by atoms with Crippen LogP contribution in [0.4, 0.5) is 8.78 Å². The van der Waals surface area contributed by atoms with Crippen LogP contribution in [-0.2, 0) is 11.3 Å². The van der Waals surface area contributed by atoms with Gasteiger partial charge in [-0.1, -0.05) is 43.7 Å². The Morgan fingerprint density at radius 3 is 2.21 bits per heavy atom. The quantitative estimate of drug-likeness (QED) is 0.562. The van der Waals surface area contributed by atoms with Gasteiger partial charge in [-0.3, -0.25) is 0 Å². The van der Waals surface area contributed by atoms with Gasteiger partial charge in [0.2, 0.25) is 11.6 Å². The Bertz CT molecular complexity index is 815. The molecular weight excluding hydrogens is 362 g/mol. The van der Waals surface area contributed by atoms with E-state index in [4.69, 9.17) is 14.2 Å². The Hall–Kier alpha value is -2.40. The van der Waals surface area contributed by atoms with E-state index >= 15 is 0 Å². The molecule has 0 fully saturated rings. The Labute approximate surface area is 164 Å². The van der Waals surface area contributed by atoms with Crippen molar-refractivity contribution in [1.82, 2.24) is 0 Å². The zero-order valence-corrected chi connectivity index (χ0v) is 16.3. The standard InChI is InChI=1S/C23H26F2O3/c1-3-5-19-11-10-18(15-27-19)17-8-6-16(7-9-17)14-28-21-13-12-20(26-4-2)22(24)23(21)25/h6-10,12-13,19H,3-5,11,14-15H2,1-2H3. The Morgan fingerprint density at radius 2 is 1.64 bits per heavy atom. The topological polar surface area (TPSA) is 27.7 Å². The van der Waals surface area contributed by atoms with Gasteiger partial charge in [0, 0.05) is 0 Å². The van der Waals surface area contributed by atoms with Gasteiger partial charge in [0.15, 0.2) is 11.5 Å². The van der Waals surface area contributed by atoms with E-state index in [-0.39, 0.29) is 24.7 Å². The molecule has 5 heteroatoms. The lowest BCUT2D eigenvalue weighted by atomic mass is 9.99. The maximum Gasteiger partial charge on any atom is 0.204 e. The summed E-state index contributed by atoms with van der Waals surface area (Å²) in [5.74, 6) is -2.30. The normalized spacial score (nSPS) is 16.6. The molecule has 1 unspecified atom stereocenters. The highest BCUT2D eigenvalue weighted by atomic mass is 19.2. The van der Waals surface area contributed by atoms with Gasteiger partial charge >= 0.3 is 0 Å². The number of halogens is 2. The van der Waals surface area contributed by atoms with Crippen LogP contribution in [0.1, 0.15) is 44.2 Å². The summed E-state index contributed by atoms with van der Waals surface area (Å²) in [4.78, 5) is 0. The van der Waals surface area contributed by atoms with Gasteiger partial charge in [0.25, 0.3) is 0 Å². The highest BCUT2D eigenvalue weighted by Gasteiger charge is 2.16. The van der Waals surface area contributed by atoms with Gasteiger partial charge in [-0.05, 0) is 48.6 Å². The zero-order valence-electron chi connectivity index (χ0n) is 16.3. The van der Waals surface area contributed by atoms with E-state index in [0.717, 1.165) is 30.4 Å². The predicted molar refractivity (Wildman–Crippen MR) is 106 cm³/mol. The molecule has 0 saturated carbocycles. The number of rotatable bonds is 8. The SMILES string of the molecule is CCCC1CC=C(c2ccc(COc3ccc(OCC)c(F)c3F)cc2)CO1. The van der Waals surface area contributed by atoms with Gasteiger partial charge in [-0.25, -0.2) is 0 Å². The van der Waals surface area contributed by atoms with Crippen molar-refractivity contribution in [3.8, 4) is 11.5 Å². The maximum atomic E-state index is 14.1. The summed E-state index contributed by atoms with van der Waals surface area (Å²) >= 11 is 0. The van der Waals surface area contributed by atoms with Crippen molar-refractivity contribution in [3.05, 3.63) is 65.2 Å². The fourth-order valence-electron chi connectivity index (χ4n) is 3.20. The van der Waals surface area contributed by atoms with E-state index in [1.165, 1.54) is 17.7 Å². The summed E-state index contributed by atoms with van der Waals surface area (Å²) in [7, 11) is 0. The van der Waals surface area contributed by atoms with E-state index in [1.54, 1.807) is 6.92 Å². The van der Waals surface area contributed by atoms with Gasteiger partial charge < -0.3 is 14.2 Å². The summed E-state index contributed by atoms with van der Waals surface area (Å²) in [5, 5.41) is 0. The lowest BCUT2D eigenvalue weighted by Crippen LogP contribution is -2.17. The molecule has 0 radical (unpaired) electrons. The Morgan fingerprint density at radius 1 is 0.964 bits per heavy atom. The third-order valence-electron chi connectivity index (χ3n) is 4.74. The first-order chi connectivity index (χ1) is 13.6. The smallest absolute Gasteiger partial charge is 0.204 e. The lowest BCUT2D eigenvalue weighted by molar-refractivity contribution is 0.0661. The zero-order chi connectivity index (χ0) is 19.9. The Balaban J connectivity index is 1.60. The van der Waals surface area contributed by atoms with Crippen LogP contribution in [-0.4, -0.2) is 19.3 Å². The van der Waals surface area contributed by atoms with Crippen LogP contribution >= 0.6 is 0 Å². The number of ether oxygens (including phenoxy) is 3. The summed E-state index contributed by atoms with van der Waals surface area (Å²) in [6, 6.07) is 10.6. The van der Waals surface area contributed by atoms with E-state index < -0.39 is 11.6 Å². The van der Waals surface area contributed by atoms with Crippen LogP contribution in [0.15, 0.2) is 42.5 Å². The van der Waals surface area contributed by atoms with Crippen LogP contribution < -0.4 is 9.47 Å². The molecule has 1 atom stereocenters. The molecule has 1 aliphatic heterocycles. The Kier molecular flexibility index (Phi) is 7.04. The first-order valence-corrected chi connectivity index (χ1v) is 9.75. The average molecular weight is 388 g/mol. The summed E-state index contributed by atoms with van der Waals surface area (Å²) in [6.45, 7) is 4.92. The van der Waals surface area contributed by atoms with E-state index in [2.05, 4.69) is 13.0 Å². The van der Waals surface area contributed by atoms with Crippen LogP contribution in [0.25, 0.3) is 5.57 Å². The number of hydrogen-bond donors (Lipinski definition) is 0. The van der Waals surface area contributed by atoms with Crippen LogP contribution in [0.3, 0.4) is 0 Å². The predicted octanol–water partition coefficient (Wildman–Crippen LogP) is 5.91. The first kappa shape index (κ1) is 20.3. The molecule has 2 aromatic carbocycles. The van der Waals surface area contributed by atoms with Gasteiger partial charge in [-0.15, -0.1) is 0 Å². The molecule has 0 amide bonds. The monoisotopic (exact) mass is 388 g/mol. The maximum absolute atomic E-state index is 14.1. The minimum atomic E-state index is -1.03. The minimum Gasteiger partial charge on any atom is -0.491 e. The molecule has 0 aromatic heterocycles. The van der Waals surface area contributed by atoms with Crippen molar-refractivity contribution in [2.45, 2.75) is 45.8 Å². The summed E-state index contributed by atoms with van der Waals surface area (Å²) in [6.07, 6.45) is 5.72. The largest absolute Gasteiger partial charge is 0.491 e. The van der Waals surface area contributed by atoms with Crippen molar-refractivity contribution < 1.29 is 23.0 Å². The molecule has 3 nitrogen and oxygen atoms in total. The lowest BCUT2D eigenvalue weighted by Gasteiger charge is -2.22. The molecule has 0 spiro atoms. The molecule has 150 valence electrons. The van der Waals surface area contributed by atoms with Crippen LogP contribution in [0.5, 0.6) is 11.5 Å². The van der Waals surface area contributed by atoms with Crippen LogP contribution in [0.2, 0.25) is 0 Å². The van der Waals surface area contributed by atoms with Crippen molar-refractivity contribution in [2.75, 3.05) is 13.2 Å². The van der Waals surface area contributed by atoms with Gasteiger partial charge in [-0.2, -0.15) is 8.78 Å². The number of benzene rings is 2. The molecule has 3 rings (SSSR count). The molecule has 28 heavy (non-hydrogen) atoms.